The van der Waals surface area contributed by atoms with E-state index in [-0.39, 0.29) is 0 Å². The lowest BCUT2D eigenvalue weighted by Crippen LogP contribution is -1.77. The average Bonchev–Trinajstić information content (AvgIpc) is 2.82. The Bertz CT molecular complexity index is 574. The van der Waals surface area contributed by atoms with Crippen LogP contribution in [0.2, 0.25) is 0 Å². The second kappa shape index (κ2) is 3.28. The molecule has 0 fully saturated rings. The van der Waals surface area contributed by atoms with Gasteiger partial charge in [-0.1, -0.05) is 42.5 Å². The lowest BCUT2D eigenvalue weighted by atomic mass is 10.0. The predicted octanol–water partition coefficient (Wildman–Crippen LogP) is 3.90. The van der Waals surface area contributed by atoms with Gasteiger partial charge in [-0.15, -0.1) is 0 Å². The summed E-state index contributed by atoms with van der Waals surface area (Å²) < 4.78 is 4.99. The third kappa shape index (κ3) is 1.33. The molecule has 0 N–H and O–H groups in total. The van der Waals surface area contributed by atoms with Crippen molar-refractivity contribution in [3.63, 3.8) is 0 Å². The van der Waals surface area contributed by atoms with Gasteiger partial charge in [0, 0.05) is 5.56 Å². The molecule has 0 atom stereocenters. The van der Waals surface area contributed by atoms with Crippen molar-refractivity contribution in [2.45, 2.75) is 0 Å². The Labute approximate surface area is 88.0 Å². The smallest absolute Gasteiger partial charge is 0.177 e. The molecule has 0 bridgehead atoms. The summed E-state index contributed by atoms with van der Waals surface area (Å²) in [4.78, 5) is 0. The topological polar surface area (TPSA) is 13.1 Å². The highest BCUT2D eigenvalue weighted by molar-refractivity contribution is 5.96. The van der Waals surface area contributed by atoms with Crippen LogP contribution in [0, 0.1) is 6.26 Å². The van der Waals surface area contributed by atoms with E-state index >= 15 is 0 Å². The summed E-state index contributed by atoms with van der Waals surface area (Å²) >= 11 is 0. The van der Waals surface area contributed by atoms with Crippen molar-refractivity contribution in [2.75, 3.05) is 0 Å². The standard InChI is InChI=1S/C14H9O/c1-2-6-13-11(4-1)5-3-7-14(13)12-8-9-15-10-12/h1-9H. The largest absolute Gasteiger partial charge is 0.460 e. The second-order valence-corrected chi connectivity index (χ2v) is 3.46. The van der Waals surface area contributed by atoms with Gasteiger partial charge in [0.2, 0.25) is 0 Å². The number of hydrogen-bond donors (Lipinski definition) is 0. The average molecular weight is 193 g/mol. The van der Waals surface area contributed by atoms with Gasteiger partial charge in [-0.3, -0.25) is 0 Å². The van der Waals surface area contributed by atoms with E-state index in [1.807, 2.05) is 18.2 Å². The summed E-state index contributed by atoms with van der Waals surface area (Å²) in [5, 5.41) is 2.47. The van der Waals surface area contributed by atoms with Gasteiger partial charge in [0.1, 0.15) is 0 Å². The van der Waals surface area contributed by atoms with Crippen LogP contribution in [0.15, 0.2) is 59.2 Å². The van der Waals surface area contributed by atoms with Crippen LogP contribution < -0.4 is 0 Å². The van der Waals surface area contributed by atoms with E-state index in [1.54, 1.807) is 6.26 Å². The fraction of sp³-hybridized carbons (Fsp3) is 0. The first-order valence-electron chi connectivity index (χ1n) is 4.88. The molecule has 1 nitrogen and oxygen atoms in total. The van der Waals surface area contributed by atoms with E-state index < -0.39 is 0 Å². The molecule has 0 amide bonds. The van der Waals surface area contributed by atoms with Crippen LogP contribution in [0.4, 0.5) is 0 Å². The molecule has 0 spiro atoms. The molecular formula is C14H9O. The van der Waals surface area contributed by atoms with E-state index in [9.17, 15) is 0 Å². The Morgan fingerprint density at radius 3 is 2.60 bits per heavy atom. The first kappa shape index (κ1) is 8.30. The second-order valence-electron chi connectivity index (χ2n) is 3.46. The van der Waals surface area contributed by atoms with Gasteiger partial charge in [-0.2, -0.15) is 0 Å². The molecule has 0 saturated heterocycles. The minimum Gasteiger partial charge on any atom is -0.460 e. The lowest BCUT2D eigenvalue weighted by molar-refractivity contribution is 0.559. The van der Waals surface area contributed by atoms with Crippen molar-refractivity contribution in [2.24, 2.45) is 0 Å². The fourth-order valence-corrected chi connectivity index (χ4v) is 1.84. The molecule has 0 aliphatic heterocycles. The van der Waals surface area contributed by atoms with E-state index in [0.29, 0.717) is 0 Å². The summed E-state index contributed by atoms with van der Waals surface area (Å²) in [5.74, 6) is 0. The highest BCUT2D eigenvalue weighted by Gasteiger charge is 2.03. The number of hydrogen-bond acceptors (Lipinski definition) is 1. The fourth-order valence-electron chi connectivity index (χ4n) is 1.84. The maximum absolute atomic E-state index is 4.99. The van der Waals surface area contributed by atoms with Gasteiger partial charge in [0.05, 0.1) is 6.26 Å². The molecule has 15 heavy (non-hydrogen) atoms. The highest BCUT2D eigenvalue weighted by Crippen LogP contribution is 2.28. The van der Waals surface area contributed by atoms with E-state index in [0.717, 1.165) is 5.56 Å². The summed E-state index contributed by atoms with van der Waals surface area (Å²) in [5.41, 5.74) is 2.17. The molecule has 0 saturated carbocycles. The minimum absolute atomic E-state index is 1.01. The molecule has 0 unspecified atom stereocenters. The van der Waals surface area contributed by atoms with Crippen LogP contribution in [-0.2, 0) is 0 Å². The van der Waals surface area contributed by atoms with E-state index in [4.69, 9.17) is 4.42 Å². The zero-order valence-electron chi connectivity index (χ0n) is 8.10. The molecule has 3 rings (SSSR count). The zero-order chi connectivity index (χ0) is 10.1. The van der Waals surface area contributed by atoms with Gasteiger partial charge in [-0.05, 0) is 22.4 Å². The normalized spacial score (nSPS) is 10.7. The molecule has 1 aromatic heterocycles. The van der Waals surface area contributed by atoms with Crippen molar-refractivity contribution in [1.82, 2.24) is 0 Å². The monoisotopic (exact) mass is 193 g/mol. The van der Waals surface area contributed by atoms with Gasteiger partial charge >= 0.3 is 0 Å². The summed E-state index contributed by atoms with van der Waals surface area (Å²) in [6, 6.07) is 16.5. The molecule has 71 valence electrons. The Morgan fingerprint density at radius 1 is 0.867 bits per heavy atom. The predicted molar refractivity (Wildman–Crippen MR) is 60.5 cm³/mol. The third-order valence-corrected chi connectivity index (χ3v) is 2.55. The molecule has 1 heterocycles. The molecule has 0 aliphatic rings. The van der Waals surface area contributed by atoms with Crippen LogP contribution >= 0.6 is 0 Å². The van der Waals surface area contributed by atoms with Gasteiger partial charge in [0.15, 0.2) is 6.26 Å². The Hall–Kier alpha value is -2.02. The molecule has 1 heteroatoms. The van der Waals surface area contributed by atoms with Crippen LogP contribution in [0.1, 0.15) is 0 Å². The first-order valence-corrected chi connectivity index (χ1v) is 4.88. The number of benzene rings is 2. The maximum atomic E-state index is 4.99. The number of furan rings is 1. The van der Waals surface area contributed by atoms with Gasteiger partial charge in [0.25, 0.3) is 0 Å². The lowest BCUT2D eigenvalue weighted by Gasteiger charge is -2.02. The van der Waals surface area contributed by atoms with Crippen molar-refractivity contribution in [3.8, 4) is 11.1 Å². The molecule has 2 aromatic carbocycles. The van der Waals surface area contributed by atoms with Gasteiger partial charge < -0.3 is 4.42 Å². The Kier molecular flexibility index (Phi) is 1.82. The van der Waals surface area contributed by atoms with Crippen LogP contribution in [-0.4, -0.2) is 0 Å². The summed E-state index contributed by atoms with van der Waals surface area (Å²) in [6.45, 7) is 0. The van der Waals surface area contributed by atoms with Crippen LogP contribution in [0.5, 0.6) is 0 Å². The molecule has 0 aliphatic carbocycles. The van der Waals surface area contributed by atoms with E-state index in [1.165, 1.54) is 16.3 Å². The van der Waals surface area contributed by atoms with Crippen molar-refractivity contribution < 1.29 is 4.42 Å². The van der Waals surface area contributed by atoms with Crippen molar-refractivity contribution >= 4 is 10.8 Å². The SMILES string of the molecule is [c]1occc1-c1cccc2ccccc12. The van der Waals surface area contributed by atoms with Crippen LogP contribution in [0.3, 0.4) is 0 Å². The van der Waals surface area contributed by atoms with Crippen molar-refractivity contribution in [3.05, 3.63) is 61.1 Å². The Balaban J connectivity index is 2.36. The summed E-state index contributed by atoms with van der Waals surface area (Å²) in [6.07, 6.45) is 4.52. The zero-order valence-corrected chi connectivity index (χ0v) is 8.10. The Morgan fingerprint density at radius 2 is 1.73 bits per heavy atom. The quantitative estimate of drug-likeness (QED) is 0.571. The molecular weight excluding hydrogens is 184 g/mol. The summed E-state index contributed by atoms with van der Waals surface area (Å²) in [7, 11) is 0. The van der Waals surface area contributed by atoms with Gasteiger partial charge in [-0.25, -0.2) is 0 Å². The minimum atomic E-state index is 1.01. The van der Waals surface area contributed by atoms with E-state index in [2.05, 4.69) is 36.6 Å². The number of rotatable bonds is 1. The van der Waals surface area contributed by atoms with Crippen molar-refractivity contribution in [1.29, 1.82) is 0 Å². The number of fused-ring (bicyclic) bond motifs is 1. The first-order chi connectivity index (χ1) is 7.45. The molecule has 1 radical (unpaired) electrons. The maximum Gasteiger partial charge on any atom is 0.177 e. The third-order valence-electron chi connectivity index (χ3n) is 2.55. The highest BCUT2D eigenvalue weighted by atomic mass is 16.3. The molecule has 3 aromatic rings. The van der Waals surface area contributed by atoms with Crippen LogP contribution in [0.25, 0.3) is 21.9 Å².